The van der Waals surface area contributed by atoms with Crippen LogP contribution in [0, 0.1) is 11.6 Å². The third kappa shape index (κ3) is 2.49. The summed E-state index contributed by atoms with van der Waals surface area (Å²) in [4.78, 5) is 4.19. The average Bonchev–Trinajstić information content (AvgIpc) is 2.89. The first-order valence-electron chi connectivity index (χ1n) is 6.26. The minimum atomic E-state index is -0.691. The topological polar surface area (TPSA) is 51.0 Å². The quantitative estimate of drug-likeness (QED) is 0.907. The van der Waals surface area contributed by atoms with Crippen LogP contribution < -0.4 is 5.32 Å². The molecule has 1 saturated heterocycles. The summed E-state index contributed by atoms with van der Waals surface area (Å²) in [6.07, 6.45) is 3.15. The van der Waals surface area contributed by atoms with Gasteiger partial charge in [0.15, 0.2) is 0 Å². The van der Waals surface area contributed by atoms with Gasteiger partial charge in [0.1, 0.15) is 11.6 Å². The van der Waals surface area contributed by atoms with Crippen LogP contribution in [-0.4, -0.2) is 16.7 Å². The Morgan fingerprint density at radius 1 is 1.26 bits per heavy atom. The zero-order valence-electron chi connectivity index (χ0n) is 10.2. The second-order valence-electron chi connectivity index (χ2n) is 4.58. The van der Waals surface area contributed by atoms with Crippen LogP contribution in [0.25, 0.3) is 11.4 Å². The third-order valence-corrected chi connectivity index (χ3v) is 3.22. The van der Waals surface area contributed by atoms with Crippen LogP contribution in [0.4, 0.5) is 8.78 Å². The van der Waals surface area contributed by atoms with E-state index in [1.54, 1.807) is 0 Å². The van der Waals surface area contributed by atoms with Crippen LogP contribution in [0.2, 0.25) is 0 Å². The van der Waals surface area contributed by atoms with E-state index < -0.39 is 11.6 Å². The summed E-state index contributed by atoms with van der Waals surface area (Å²) in [7, 11) is 0. The number of nitrogens with one attached hydrogen (secondary N) is 1. The van der Waals surface area contributed by atoms with E-state index in [1.807, 2.05) is 0 Å². The molecule has 4 nitrogen and oxygen atoms in total. The fourth-order valence-electron chi connectivity index (χ4n) is 2.22. The van der Waals surface area contributed by atoms with Crippen molar-refractivity contribution < 1.29 is 13.3 Å². The Balaban J connectivity index is 1.87. The first-order chi connectivity index (χ1) is 9.24. The first-order valence-corrected chi connectivity index (χ1v) is 6.26. The maximum absolute atomic E-state index is 13.6. The maximum Gasteiger partial charge on any atom is 0.244 e. The highest BCUT2D eigenvalue weighted by atomic mass is 19.1. The molecule has 6 heteroatoms. The second kappa shape index (κ2) is 5.05. The van der Waals surface area contributed by atoms with E-state index in [9.17, 15) is 8.78 Å². The summed E-state index contributed by atoms with van der Waals surface area (Å²) in [6.45, 7) is 0.910. The summed E-state index contributed by atoms with van der Waals surface area (Å²) in [5, 5.41) is 7.04. The molecule has 19 heavy (non-hydrogen) atoms. The SMILES string of the molecule is Fc1ccc(-c2noc(C3CCCCN3)n2)c(F)c1. The molecule has 3 rings (SSSR count). The smallest absolute Gasteiger partial charge is 0.244 e. The van der Waals surface area contributed by atoms with Crippen LogP contribution in [0.3, 0.4) is 0 Å². The third-order valence-electron chi connectivity index (χ3n) is 3.22. The number of hydrogen-bond donors (Lipinski definition) is 1. The molecule has 0 aliphatic carbocycles. The van der Waals surface area contributed by atoms with Gasteiger partial charge in [-0.3, -0.25) is 0 Å². The lowest BCUT2D eigenvalue weighted by atomic mass is 10.1. The molecule has 1 aliphatic rings. The van der Waals surface area contributed by atoms with E-state index in [-0.39, 0.29) is 17.4 Å². The molecule has 0 spiro atoms. The zero-order chi connectivity index (χ0) is 13.2. The van der Waals surface area contributed by atoms with Gasteiger partial charge in [0.05, 0.1) is 11.6 Å². The van der Waals surface area contributed by atoms with Gasteiger partial charge in [-0.15, -0.1) is 0 Å². The first kappa shape index (κ1) is 12.2. The molecule has 1 unspecified atom stereocenters. The van der Waals surface area contributed by atoms with Gasteiger partial charge in [-0.05, 0) is 31.5 Å². The van der Waals surface area contributed by atoms with Crippen LogP contribution in [0.1, 0.15) is 31.2 Å². The van der Waals surface area contributed by atoms with Crippen molar-refractivity contribution in [1.29, 1.82) is 0 Å². The fourth-order valence-corrected chi connectivity index (χ4v) is 2.22. The summed E-state index contributed by atoms with van der Waals surface area (Å²) >= 11 is 0. The van der Waals surface area contributed by atoms with Crippen molar-refractivity contribution in [3.63, 3.8) is 0 Å². The fraction of sp³-hybridized carbons (Fsp3) is 0.385. The Labute approximate surface area is 108 Å². The normalized spacial score (nSPS) is 19.6. The van der Waals surface area contributed by atoms with E-state index in [0.717, 1.165) is 31.9 Å². The molecule has 1 aliphatic heterocycles. The molecule has 0 amide bonds. The molecule has 0 saturated carbocycles. The highest BCUT2D eigenvalue weighted by molar-refractivity contribution is 5.55. The largest absolute Gasteiger partial charge is 0.337 e. The second-order valence-corrected chi connectivity index (χ2v) is 4.58. The Kier molecular flexibility index (Phi) is 3.25. The standard InChI is InChI=1S/C13H13F2N3O/c14-8-4-5-9(10(15)7-8)12-17-13(19-18-12)11-3-1-2-6-16-11/h4-5,7,11,16H,1-3,6H2. The summed E-state index contributed by atoms with van der Waals surface area (Å²) in [5.41, 5.74) is 0.146. The number of rotatable bonds is 2. The van der Waals surface area contributed by atoms with Crippen LogP contribution in [0.15, 0.2) is 22.7 Å². The van der Waals surface area contributed by atoms with Crippen molar-refractivity contribution in [2.24, 2.45) is 0 Å². The predicted octanol–water partition coefficient (Wildman–Crippen LogP) is 2.83. The monoisotopic (exact) mass is 265 g/mol. The van der Waals surface area contributed by atoms with Gasteiger partial charge in [-0.25, -0.2) is 8.78 Å². The number of piperidine rings is 1. The molecule has 2 aromatic rings. The number of nitrogens with zero attached hydrogens (tertiary/aromatic N) is 2. The van der Waals surface area contributed by atoms with Gasteiger partial charge in [-0.1, -0.05) is 11.6 Å². The van der Waals surface area contributed by atoms with Crippen LogP contribution >= 0.6 is 0 Å². The van der Waals surface area contributed by atoms with Crippen molar-refractivity contribution in [2.45, 2.75) is 25.3 Å². The van der Waals surface area contributed by atoms with Crippen molar-refractivity contribution in [3.8, 4) is 11.4 Å². The van der Waals surface area contributed by atoms with Gasteiger partial charge < -0.3 is 9.84 Å². The highest BCUT2D eigenvalue weighted by Crippen LogP contribution is 2.25. The Hall–Kier alpha value is -1.82. The number of halogens is 2. The lowest BCUT2D eigenvalue weighted by Gasteiger charge is -2.19. The van der Waals surface area contributed by atoms with Crippen molar-refractivity contribution in [2.75, 3.05) is 6.54 Å². The van der Waals surface area contributed by atoms with Crippen LogP contribution in [0.5, 0.6) is 0 Å². The molecule has 1 N–H and O–H groups in total. The van der Waals surface area contributed by atoms with Gasteiger partial charge >= 0.3 is 0 Å². The zero-order valence-corrected chi connectivity index (χ0v) is 10.2. The van der Waals surface area contributed by atoms with Crippen molar-refractivity contribution in [3.05, 3.63) is 35.7 Å². The minimum absolute atomic E-state index is 0.0264. The number of benzene rings is 1. The van der Waals surface area contributed by atoms with Crippen molar-refractivity contribution >= 4 is 0 Å². The lowest BCUT2D eigenvalue weighted by Crippen LogP contribution is -2.26. The van der Waals surface area contributed by atoms with E-state index in [4.69, 9.17) is 4.52 Å². The average molecular weight is 265 g/mol. The summed E-state index contributed by atoms with van der Waals surface area (Å²) < 4.78 is 31.6. The minimum Gasteiger partial charge on any atom is -0.337 e. The Morgan fingerprint density at radius 3 is 2.89 bits per heavy atom. The van der Waals surface area contributed by atoms with Gasteiger partial charge in [-0.2, -0.15) is 4.98 Å². The molecule has 2 heterocycles. The predicted molar refractivity (Wildman–Crippen MR) is 64.2 cm³/mol. The van der Waals surface area contributed by atoms with Gasteiger partial charge in [0.25, 0.3) is 0 Å². The van der Waals surface area contributed by atoms with E-state index in [1.165, 1.54) is 12.1 Å². The molecule has 0 radical (unpaired) electrons. The molecule has 100 valence electrons. The summed E-state index contributed by atoms with van der Waals surface area (Å²) in [5.74, 6) is -0.707. The van der Waals surface area contributed by atoms with Crippen molar-refractivity contribution in [1.82, 2.24) is 15.5 Å². The molecular weight excluding hydrogens is 252 g/mol. The molecule has 1 aromatic carbocycles. The molecule has 0 bridgehead atoms. The van der Waals surface area contributed by atoms with Gasteiger partial charge in [0.2, 0.25) is 11.7 Å². The molecular formula is C13H13F2N3O. The van der Waals surface area contributed by atoms with Gasteiger partial charge in [0, 0.05) is 6.07 Å². The maximum atomic E-state index is 13.6. The van der Waals surface area contributed by atoms with E-state index >= 15 is 0 Å². The number of aromatic nitrogens is 2. The molecule has 1 fully saturated rings. The van der Waals surface area contributed by atoms with Crippen LogP contribution in [-0.2, 0) is 0 Å². The summed E-state index contributed by atoms with van der Waals surface area (Å²) in [6, 6.07) is 3.32. The number of hydrogen-bond acceptors (Lipinski definition) is 4. The van der Waals surface area contributed by atoms with E-state index in [2.05, 4.69) is 15.5 Å². The Morgan fingerprint density at radius 2 is 2.16 bits per heavy atom. The Bertz CT molecular complexity index is 579. The molecule has 1 atom stereocenters. The highest BCUT2D eigenvalue weighted by Gasteiger charge is 2.22. The lowest BCUT2D eigenvalue weighted by molar-refractivity contribution is 0.297. The molecule has 1 aromatic heterocycles. The van der Waals surface area contributed by atoms with E-state index in [0.29, 0.717) is 5.89 Å².